The van der Waals surface area contributed by atoms with Gasteiger partial charge in [0.25, 0.3) is 0 Å². The first-order valence-electron chi connectivity index (χ1n) is 6.88. The highest BCUT2D eigenvalue weighted by molar-refractivity contribution is 5.78. The molecule has 1 aromatic carbocycles. The number of hydrogen-bond acceptors (Lipinski definition) is 3. The molecule has 0 atom stereocenters. The minimum absolute atomic E-state index is 0.270. The lowest BCUT2D eigenvalue weighted by Gasteiger charge is -2.26. The van der Waals surface area contributed by atoms with Crippen LogP contribution in [0.1, 0.15) is 19.3 Å². The van der Waals surface area contributed by atoms with Gasteiger partial charge < -0.3 is 15.2 Å². The maximum Gasteiger partial charge on any atom is 0.201 e. The fourth-order valence-electron chi connectivity index (χ4n) is 2.78. The van der Waals surface area contributed by atoms with E-state index in [0.29, 0.717) is 11.5 Å². The van der Waals surface area contributed by atoms with Gasteiger partial charge in [0.15, 0.2) is 0 Å². The number of halogens is 1. The quantitative estimate of drug-likeness (QED) is 0.922. The van der Waals surface area contributed by atoms with Gasteiger partial charge in [-0.25, -0.2) is 9.37 Å². The smallest absolute Gasteiger partial charge is 0.201 e. The van der Waals surface area contributed by atoms with Gasteiger partial charge in [0.2, 0.25) is 5.95 Å². The molecule has 5 heteroatoms. The Bertz CT molecular complexity index is 572. The number of likely N-dealkylation sites (tertiary alicyclic amines) is 1. The number of aromatic nitrogens is 2. The molecule has 102 valence electrons. The second-order valence-corrected chi connectivity index (χ2v) is 5.16. The zero-order chi connectivity index (χ0) is 13.2. The van der Waals surface area contributed by atoms with Crippen LogP contribution in [0.15, 0.2) is 18.2 Å². The van der Waals surface area contributed by atoms with Crippen LogP contribution >= 0.6 is 0 Å². The first-order valence-corrected chi connectivity index (χ1v) is 6.88. The van der Waals surface area contributed by atoms with Gasteiger partial charge >= 0.3 is 0 Å². The summed E-state index contributed by atoms with van der Waals surface area (Å²) in [7, 11) is 0. The number of piperidine rings is 1. The number of nitrogens with two attached hydrogens (primary N) is 1. The molecule has 4 nitrogen and oxygen atoms in total. The summed E-state index contributed by atoms with van der Waals surface area (Å²) in [6, 6.07) is 4.65. The normalized spacial score (nSPS) is 17.1. The number of nitrogens with zero attached hydrogens (tertiary/aromatic N) is 3. The topological polar surface area (TPSA) is 47.1 Å². The second kappa shape index (κ2) is 5.17. The van der Waals surface area contributed by atoms with Crippen LogP contribution in [0.5, 0.6) is 0 Å². The van der Waals surface area contributed by atoms with Gasteiger partial charge in [0, 0.05) is 19.2 Å². The van der Waals surface area contributed by atoms with Crippen LogP contribution < -0.4 is 5.73 Å². The van der Waals surface area contributed by atoms with Gasteiger partial charge in [-0.3, -0.25) is 0 Å². The van der Waals surface area contributed by atoms with Crippen molar-refractivity contribution >= 4 is 17.0 Å². The minimum Gasteiger partial charge on any atom is -0.369 e. The van der Waals surface area contributed by atoms with E-state index in [0.717, 1.165) is 18.6 Å². The Kier molecular flexibility index (Phi) is 3.38. The number of nitrogen functional groups attached to an aromatic ring is 1. The van der Waals surface area contributed by atoms with Crippen molar-refractivity contribution in [3.63, 3.8) is 0 Å². The van der Waals surface area contributed by atoms with E-state index in [1.54, 1.807) is 6.07 Å². The van der Waals surface area contributed by atoms with Gasteiger partial charge in [0.1, 0.15) is 5.82 Å². The number of hydrogen-bond donors (Lipinski definition) is 1. The predicted molar refractivity (Wildman–Crippen MR) is 74.4 cm³/mol. The lowest BCUT2D eigenvalue weighted by Crippen LogP contribution is -2.32. The van der Waals surface area contributed by atoms with E-state index in [4.69, 9.17) is 5.73 Å². The summed E-state index contributed by atoms with van der Waals surface area (Å²) in [6.45, 7) is 4.13. The van der Waals surface area contributed by atoms with Gasteiger partial charge in [-0.2, -0.15) is 0 Å². The Labute approximate surface area is 112 Å². The van der Waals surface area contributed by atoms with E-state index < -0.39 is 0 Å². The van der Waals surface area contributed by atoms with E-state index in [1.807, 2.05) is 4.57 Å². The number of rotatable bonds is 3. The van der Waals surface area contributed by atoms with E-state index in [-0.39, 0.29) is 5.82 Å². The average Bonchev–Trinajstić information content (AvgIpc) is 2.72. The van der Waals surface area contributed by atoms with E-state index in [2.05, 4.69) is 9.88 Å². The fourth-order valence-corrected chi connectivity index (χ4v) is 2.78. The molecule has 3 rings (SSSR count). The lowest BCUT2D eigenvalue weighted by molar-refractivity contribution is 0.222. The highest BCUT2D eigenvalue weighted by atomic mass is 19.1. The molecule has 19 heavy (non-hydrogen) atoms. The van der Waals surface area contributed by atoms with Crippen molar-refractivity contribution in [1.29, 1.82) is 0 Å². The molecule has 0 saturated carbocycles. The summed E-state index contributed by atoms with van der Waals surface area (Å²) in [5.41, 5.74) is 7.48. The van der Waals surface area contributed by atoms with Gasteiger partial charge in [-0.1, -0.05) is 6.42 Å². The molecule has 0 unspecified atom stereocenters. The molecule has 2 aromatic rings. The van der Waals surface area contributed by atoms with Crippen LogP contribution in [0.3, 0.4) is 0 Å². The summed E-state index contributed by atoms with van der Waals surface area (Å²) in [5.74, 6) is 0.200. The van der Waals surface area contributed by atoms with Crippen LogP contribution in [0.25, 0.3) is 11.0 Å². The van der Waals surface area contributed by atoms with Crippen LogP contribution in [-0.4, -0.2) is 34.1 Å². The molecule has 2 heterocycles. The van der Waals surface area contributed by atoms with E-state index >= 15 is 0 Å². The number of fused-ring (bicyclic) bond motifs is 1. The van der Waals surface area contributed by atoms with E-state index in [9.17, 15) is 4.39 Å². The monoisotopic (exact) mass is 262 g/mol. The standard InChI is InChI=1S/C14H19FN4/c15-11-4-5-13-12(10-11)17-14(16)19(13)9-8-18-6-2-1-3-7-18/h4-5,10H,1-3,6-9H2,(H2,16,17). The molecule has 2 N–H and O–H groups in total. The molecule has 1 saturated heterocycles. The van der Waals surface area contributed by atoms with Crippen molar-refractivity contribution in [3.8, 4) is 0 Å². The Morgan fingerprint density at radius 3 is 2.74 bits per heavy atom. The minimum atomic E-state index is -0.270. The molecular formula is C14H19FN4. The second-order valence-electron chi connectivity index (χ2n) is 5.16. The number of anilines is 1. The molecule has 0 spiro atoms. The summed E-state index contributed by atoms with van der Waals surface area (Å²) < 4.78 is 15.1. The van der Waals surface area contributed by atoms with E-state index in [1.165, 1.54) is 44.5 Å². The summed E-state index contributed by atoms with van der Waals surface area (Å²) in [6.07, 6.45) is 3.91. The van der Waals surface area contributed by atoms with Crippen LogP contribution in [0.4, 0.5) is 10.3 Å². The number of benzene rings is 1. The summed E-state index contributed by atoms with van der Waals surface area (Å²) in [5, 5.41) is 0. The molecule has 0 radical (unpaired) electrons. The van der Waals surface area contributed by atoms with Gasteiger partial charge in [-0.15, -0.1) is 0 Å². The van der Waals surface area contributed by atoms with Crippen molar-refractivity contribution in [1.82, 2.24) is 14.5 Å². The average molecular weight is 262 g/mol. The SMILES string of the molecule is Nc1nc2cc(F)ccc2n1CCN1CCCCC1. The third-order valence-electron chi connectivity index (χ3n) is 3.83. The van der Waals surface area contributed by atoms with Crippen LogP contribution in [0, 0.1) is 5.82 Å². The molecule has 0 bridgehead atoms. The third-order valence-corrected chi connectivity index (χ3v) is 3.83. The maximum atomic E-state index is 13.2. The molecule has 1 aliphatic heterocycles. The molecule has 0 aliphatic carbocycles. The molecule has 1 fully saturated rings. The zero-order valence-corrected chi connectivity index (χ0v) is 11.0. The Morgan fingerprint density at radius 2 is 1.95 bits per heavy atom. The Hall–Kier alpha value is -1.62. The first kappa shape index (κ1) is 12.4. The Balaban J connectivity index is 1.78. The summed E-state index contributed by atoms with van der Waals surface area (Å²) >= 11 is 0. The van der Waals surface area contributed by atoms with Crippen molar-refractivity contribution in [3.05, 3.63) is 24.0 Å². The Morgan fingerprint density at radius 1 is 1.16 bits per heavy atom. The maximum absolute atomic E-state index is 13.2. The molecular weight excluding hydrogens is 243 g/mol. The zero-order valence-electron chi connectivity index (χ0n) is 11.0. The first-order chi connectivity index (χ1) is 9.24. The summed E-state index contributed by atoms with van der Waals surface area (Å²) in [4.78, 5) is 6.68. The molecule has 0 amide bonds. The van der Waals surface area contributed by atoms with Crippen molar-refractivity contribution in [2.24, 2.45) is 0 Å². The molecule has 1 aromatic heterocycles. The fraction of sp³-hybridized carbons (Fsp3) is 0.500. The van der Waals surface area contributed by atoms with Crippen LogP contribution in [0.2, 0.25) is 0 Å². The lowest BCUT2D eigenvalue weighted by atomic mass is 10.1. The van der Waals surface area contributed by atoms with Gasteiger partial charge in [0.05, 0.1) is 11.0 Å². The highest BCUT2D eigenvalue weighted by Crippen LogP contribution is 2.19. The number of imidazole rings is 1. The highest BCUT2D eigenvalue weighted by Gasteiger charge is 2.13. The van der Waals surface area contributed by atoms with Crippen molar-refractivity contribution < 1.29 is 4.39 Å². The largest absolute Gasteiger partial charge is 0.369 e. The van der Waals surface area contributed by atoms with Crippen molar-refractivity contribution in [2.45, 2.75) is 25.8 Å². The molecule has 1 aliphatic rings. The van der Waals surface area contributed by atoms with Crippen LogP contribution in [-0.2, 0) is 6.54 Å². The third kappa shape index (κ3) is 2.56. The van der Waals surface area contributed by atoms with Crippen molar-refractivity contribution in [2.75, 3.05) is 25.4 Å². The van der Waals surface area contributed by atoms with Gasteiger partial charge in [-0.05, 0) is 38.1 Å². The predicted octanol–water partition coefficient (Wildman–Crippen LogP) is 2.24.